The molecule has 0 N–H and O–H groups in total. The van der Waals surface area contributed by atoms with E-state index in [2.05, 4.69) is 27.8 Å². The van der Waals surface area contributed by atoms with Gasteiger partial charge in [-0.05, 0) is 64.1 Å². The SMILES string of the molecule is Cc1cc(C)c(C#N)c(N2CCN(C)C3(CCC(=O)N(CC4CC4)CC3)C2)n1. The van der Waals surface area contributed by atoms with E-state index in [1.807, 2.05) is 19.9 Å². The van der Waals surface area contributed by atoms with E-state index in [4.69, 9.17) is 4.98 Å². The minimum absolute atomic E-state index is 0.0295. The largest absolute Gasteiger partial charge is 0.352 e. The predicted octanol–water partition coefficient (Wildman–Crippen LogP) is 2.48. The Hall–Kier alpha value is -2.13. The lowest BCUT2D eigenvalue weighted by molar-refractivity contribution is -0.130. The van der Waals surface area contributed by atoms with Gasteiger partial charge in [0.1, 0.15) is 11.9 Å². The molecule has 150 valence electrons. The average Bonchev–Trinajstić information content (AvgIpc) is 3.49. The van der Waals surface area contributed by atoms with Crippen molar-refractivity contribution in [2.75, 3.05) is 44.7 Å². The normalized spacial score (nSPS) is 26.4. The minimum atomic E-state index is -0.0295. The maximum absolute atomic E-state index is 12.7. The molecule has 1 saturated carbocycles. The number of amides is 1. The quantitative estimate of drug-likeness (QED) is 0.805. The Morgan fingerprint density at radius 3 is 2.75 bits per heavy atom. The fraction of sp³-hybridized carbons (Fsp3) is 0.682. The molecule has 28 heavy (non-hydrogen) atoms. The number of hydrogen-bond acceptors (Lipinski definition) is 5. The number of likely N-dealkylation sites (N-methyl/N-ethyl adjacent to an activating group) is 1. The van der Waals surface area contributed by atoms with Crippen LogP contribution in [0.3, 0.4) is 0 Å². The van der Waals surface area contributed by atoms with Crippen LogP contribution in [0.4, 0.5) is 5.82 Å². The van der Waals surface area contributed by atoms with Crippen molar-refractivity contribution < 1.29 is 4.79 Å². The number of pyridine rings is 1. The van der Waals surface area contributed by atoms with Crippen LogP contribution in [0.5, 0.6) is 0 Å². The van der Waals surface area contributed by atoms with Gasteiger partial charge in [-0.1, -0.05) is 0 Å². The highest BCUT2D eigenvalue weighted by Gasteiger charge is 2.43. The molecule has 1 atom stereocenters. The molecule has 2 aliphatic heterocycles. The van der Waals surface area contributed by atoms with Gasteiger partial charge in [-0.3, -0.25) is 9.69 Å². The Morgan fingerprint density at radius 2 is 2.04 bits per heavy atom. The second kappa shape index (κ2) is 7.36. The molecule has 1 aromatic rings. The van der Waals surface area contributed by atoms with Crippen molar-refractivity contribution in [3.8, 4) is 6.07 Å². The van der Waals surface area contributed by atoms with Crippen molar-refractivity contribution in [2.24, 2.45) is 5.92 Å². The Balaban J connectivity index is 1.58. The first kappa shape index (κ1) is 19.2. The topological polar surface area (TPSA) is 63.5 Å². The number of aryl methyl sites for hydroxylation is 2. The van der Waals surface area contributed by atoms with E-state index in [9.17, 15) is 10.1 Å². The fourth-order valence-corrected chi connectivity index (χ4v) is 4.86. The summed E-state index contributed by atoms with van der Waals surface area (Å²) in [6, 6.07) is 4.35. The Morgan fingerprint density at radius 1 is 1.25 bits per heavy atom. The van der Waals surface area contributed by atoms with Crippen molar-refractivity contribution in [1.82, 2.24) is 14.8 Å². The molecule has 1 spiro atoms. The van der Waals surface area contributed by atoms with Gasteiger partial charge in [0.05, 0.1) is 5.56 Å². The molecule has 6 heteroatoms. The van der Waals surface area contributed by atoms with Crippen LogP contribution >= 0.6 is 0 Å². The van der Waals surface area contributed by atoms with E-state index in [1.54, 1.807) is 0 Å². The van der Waals surface area contributed by atoms with Crippen molar-refractivity contribution >= 4 is 11.7 Å². The van der Waals surface area contributed by atoms with E-state index in [-0.39, 0.29) is 5.54 Å². The maximum Gasteiger partial charge on any atom is 0.222 e. The highest BCUT2D eigenvalue weighted by Crippen LogP contribution is 2.36. The molecule has 0 radical (unpaired) electrons. The second-order valence-electron chi connectivity index (χ2n) is 8.99. The number of carbonyl (C=O) groups excluding carboxylic acids is 1. The maximum atomic E-state index is 12.7. The highest BCUT2D eigenvalue weighted by molar-refractivity contribution is 5.76. The van der Waals surface area contributed by atoms with Gasteiger partial charge in [0, 0.05) is 50.4 Å². The number of anilines is 1. The van der Waals surface area contributed by atoms with Crippen LogP contribution < -0.4 is 4.90 Å². The molecule has 4 rings (SSSR count). The van der Waals surface area contributed by atoms with Crippen LogP contribution in [0.1, 0.15) is 48.9 Å². The third kappa shape index (κ3) is 3.60. The number of nitriles is 1. The van der Waals surface area contributed by atoms with Crippen LogP contribution in [0.2, 0.25) is 0 Å². The zero-order valence-electron chi connectivity index (χ0n) is 17.4. The third-order valence-electron chi connectivity index (χ3n) is 6.92. The van der Waals surface area contributed by atoms with Crippen LogP contribution in [-0.2, 0) is 4.79 Å². The fourth-order valence-electron chi connectivity index (χ4n) is 4.86. The van der Waals surface area contributed by atoms with E-state index in [0.29, 0.717) is 17.9 Å². The van der Waals surface area contributed by atoms with Crippen LogP contribution in [0, 0.1) is 31.1 Å². The van der Waals surface area contributed by atoms with Crippen LogP contribution in [0.15, 0.2) is 6.07 Å². The number of nitrogens with zero attached hydrogens (tertiary/aromatic N) is 5. The summed E-state index contributed by atoms with van der Waals surface area (Å²) in [5.41, 5.74) is 2.60. The Labute approximate surface area is 168 Å². The molecule has 1 unspecified atom stereocenters. The summed E-state index contributed by atoms with van der Waals surface area (Å²) in [4.78, 5) is 24.3. The van der Waals surface area contributed by atoms with E-state index in [0.717, 1.165) is 68.6 Å². The zero-order chi connectivity index (χ0) is 19.9. The monoisotopic (exact) mass is 381 g/mol. The summed E-state index contributed by atoms with van der Waals surface area (Å²) in [6.07, 6.45) is 5.05. The highest BCUT2D eigenvalue weighted by atomic mass is 16.2. The van der Waals surface area contributed by atoms with Gasteiger partial charge in [-0.15, -0.1) is 0 Å². The van der Waals surface area contributed by atoms with Gasteiger partial charge < -0.3 is 9.80 Å². The molecular formula is C22H31N5O. The molecular weight excluding hydrogens is 350 g/mol. The molecule has 0 aromatic carbocycles. The zero-order valence-corrected chi connectivity index (χ0v) is 17.4. The molecule has 0 bridgehead atoms. The molecule has 1 amide bonds. The number of hydrogen-bond donors (Lipinski definition) is 0. The molecule has 2 saturated heterocycles. The lowest BCUT2D eigenvalue weighted by Crippen LogP contribution is -2.61. The van der Waals surface area contributed by atoms with Gasteiger partial charge in [0.25, 0.3) is 0 Å². The lowest BCUT2D eigenvalue weighted by atomic mass is 9.86. The van der Waals surface area contributed by atoms with Crippen molar-refractivity contribution in [3.05, 3.63) is 22.9 Å². The summed E-state index contributed by atoms with van der Waals surface area (Å²) in [6.45, 7) is 8.39. The summed E-state index contributed by atoms with van der Waals surface area (Å²) in [5, 5.41) is 9.70. The molecule has 1 aromatic heterocycles. The molecule has 3 aliphatic rings. The van der Waals surface area contributed by atoms with Crippen LogP contribution in [-0.4, -0.2) is 66.0 Å². The molecule has 3 heterocycles. The van der Waals surface area contributed by atoms with Gasteiger partial charge in [-0.2, -0.15) is 5.26 Å². The summed E-state index contributed by atoms with van der Waals surface area (Å²) < 4.78 is 0. The van der Waals surface area contributed by atoms with Crippen LogP contribution in [0.25, 0.3) is 0 Å². The third-order valence-corrected chi connectivity index (χ3v) is 6.92. The smallest absolute Gasteiger partial charge is 0.222 e. The molecule has 6 nitrogen and oxygen atoms in total. The molecule has 1 aliphatic carbocycles. The van der Waals surface area contributed by atoms with Gasteiger partial charge in [-0.25, -0.2) is 4.98 Å². The Bertz CT molecular complexity index is 812. The van der Waals surface area contributed by atoms with Crippen molar-refractivity contribution in [1.29, 1.82) is 5.26 Å². The van der Waals surface area contributed by atoms with E-state index >= 15 is 0 Å². The number of carbonyl (C=O) groups is 1. The summed E-state index contributed by atoms with van der Waals surface area (Å²) in [5.74, 6) is 1.87. The summed E-state index contributed by atoms with van der Waals surface area (Å²) >= 11 is 0. The first-order valence-electron chi connectivity index (χ1n) is 10.5. The predicted molar refractivity (Wildman–Crippen MR) is 109 cm³/mol. The lowest BCUT2D eigenvalue weighted by Gasteiger charge is -2.50. The first-order valence-corrected chi connectivity index (χ1v) is 10.5. The van der Waals surface area contributed by atoms with Gasteiger partial charge in [0.2, 0.25) is 5.91 Å². The first-order chi connectivity index (χ1) is 13.4. The van der Waals surface area contributed by atoms with Crippen molar-refractivity contribution in [3.63, 3.8) is 0 Å². The number of aromatic nitrogens is 1. The van der Waals surface area contributed by atoms with Gasteiger partial charge >= 0.3 is 0 Å². The number of piperazine rings is 1. The standard InChI is InChI=1S/C22H31N5O/c1-16-12-17(2)24-21(19(16)13-23)27-11-10-25(3)22(15-27)7-6-20(28)26(9-8-22)14-18-4-5-18/h12,18H,4-11,14-15H2,1-3H3. The van der Waals surface area contributed by atoms with E-state index in [1.165, 1.54) is 12.8 Å². The minimum Gasteiger partial charge on any atom is -0.352 e. The van der Waals surface area contributed by atoms with Gasteiger partial charge in [0.15, 0.2) is 0 Å². The van der Waals surface area contributed by atoms with E-state index < -0.39 is 0 Å². The molecule has 3 fully saturated rings. The number of likely N-dealkylation sites (tertiary alicyclic amines) is 1. The second-order valence-corrected chi connectivity index (χ2v) is 8.99. The summed E-state index contributed by atoms with van der Waals surface area (Å²) in [7, 11) is 2.19. The average molecular weight is 382 g/mol. The Kier molecular flexibility index (Phi) is 5.05. The number of rotatable bonds is 3. The van der Waals surface area contributed by atoms with Crippen molar-refractivity contribution in [2.45, 2.75) is 51.5 Å².